The molecular weight excluding hydrogens is 192 g/mol. The first-order valence-electron chi connectivity index (χ1n) is 5.02. The molecule has 0 bridgehead atoms. The summed E-state index contributed by atoms with van der Waals surface area (Å²) < 4.78 is 0. The average Bonchev–Trinajstić information content (AvgIpc) is 2.38. The summed E-state index contributed by atoms with van der Waals surface area (Å²) in [4.78, 5) is 0. The van der Waals surface area contributed by atoms with Crippen molar-refractivity contribution in [2.45, 2.75) is 0 Å². The highest BCUT2D eigenvalue weighted by Crippen LogP contribution is 2.18. The van der Waals surface area contributed by atoms with Crippen LogP contribution >= 0.6 is 0 Å². The Bertz CT molecular complexity index is 557. The van der Waals surface area contributed by atoms with Gasteiger partial charge in [0.05, 0.1) is 0 Å². The van der Waals surface area contributed by atoms with Gasteiger partial charge in [0.15, 0.2) is 0 Å². The largest absolute Gasteiger partial charge is 0.106 e. The maximum atomic E-state index is 5.07. The van der Waals surface area contributed by atoms with Gasteiger partial charge < -0.3 is 0 Å². The molecular formula is C16H10. The van der Waals surface area contributed by atoms with E-state index in [0.29, 0.717) is 0 Å². The molecule has 0 fully saturated rings. The predicted octanol–water partition coefficient (Wildman–Crippen LogP) is 3.34. The van der Waals surface area contributed by atoms with E-state index in [1.165, 1.54) is 11.1 Å². The van der Waals surface area contributed by atoms with Crippen LogP contribution in [0.5, 0.6) is 0 Å². The van der Waals surface area contributed by atoms with Gasteiger partial charge >= 0.3 is 0 Å². The van der Waals surface area contributed by atoms with Crippen molar-refractivity contribution in [3.63, 3.8) is 0 Å². The fourth-order valence-corrected chi connectivity index (χ4v) is 1.48. The standard InChI is InChI=1S/C16H10/c1-2-3-7-14-10-12-16(13-11-14)15-8-5-4-6-9-15/h1,4-6,8-13H. The zero-order valence-corrected chi connectivity index (χ0v) is 8.77. The van der Waals surface area contributed by atoms with Gasteiger partial charge in [-0.25, -0.2) is 0 Å². The van der Waals surface area contributed by atoms with Crippen LogP contribution in [0.2, 0.25) is 0 Å². The Morgan fingerprint density at radius 2 is 1.38 bits per heavy atom. The number of hydrogen-bond donors (Lipinski definition) is 0. The summed E-state index contributed by atoms with van der Waals surface area (Å²) in [6, 6.07) is 18.3. The molecule has 0 unspecified atom stereocenters. The quantitative estimate of drug-likeness (QED) is 0.622. The zero-order chi connectivity index (χ0) is 11.2. The Kier molecular flexibility index (Phi) is 3.07. The summed E-state index contributed by atoms with van der Waals surface area (Å²) in [7, 11) is 0. The van der Waals surface area contributed by atoms with Crippen molar-refractivity contribution in [1.82, 2.24) is 0 Å². The molecule has 2 aromatic carbocycles. The van der Waals surface area contributed by atoms with Crippen LogP contribution in [-0.4, -0.2) is 0 Å². The second-order valence-corrected chi connectivity index (χ2v) is 3.34. The zero-order valence-electron chi connectivity index (χ0n) is 8.77. The Morgan fingerprint density at radius 1 is 0.750 bits per heavy atom. The molecule has 0 nitrogen and oxygen atoms in total. The lowest BCUT2D eigenvalue weighted by atomic mass is 10.0. The van der Waals surface area contributed by atoms with Gasteiger partial charge in [-0.1, -0.05) is 48.4 Å². The van der Waals surface area contributed by atoms with E-state index < -0.39 is 0 Å². The first kappa shape index (κ1) is 10.1. The maximum absolute atomic E-state index is 5.07. The Balaban J connectivity index is 2.31. The fourth-order valence-electron chi connectivity index (χ4n) is 1.48. The first-order valence-corrected chi connectivity index (χ1v) is 5.02. The van der Waals surface area contributed by atoms with Gasteiger partial charge in [-0.3, -0.25) is 0 Å². The summed E-state index contributed by atoms with van der Waals surface area (Å²) in [5.74, 6) is 7.79. The molecule has 74 valence electrons. The van der Waals surface area contributed by atoms with Crippen LogP contribution in [0, 0.1) is 24.2 Å². The van der Waals surface area contributed by atoms with Crippen LogP contribution in [0.4, 0.5) is 0 Å². The van der Waals surface area contributed by atoms with E-state index in [0.717, 1.165) is 5.56 Å². The molecule has 0 heteroatoms. The van der Waals surface area contributed by atoms with E-state index in [4.69, 9.17) is 6.42 Å². The molecule has 0 amide bonds. The summed E-state index contributed by atoms with van der Waals surface area (Å²) in [6.45, 7) is 0. The lowest BCUT2D eigenvalue weighted by Gasteiger charge is -2.00. The van der Waals surface area contributed by atoms with Gasteiger partial charge in [-0.15, -0.1) is 6.42 Å². The van der Waals surface area contributed by atoms with Crippen molar-refractivity contribution in [1.29, 1.82) is 0 Å². The molecule has 0 heterocycles. The van der Waals surface area contributed by atoms with Gasteiger partial charge in [0, 0.05) is 5.56 Å². The summed E-state index contributed by atoms with van der Waals surface area (Å²) in [5.41, 5.74) is 3.34. The summed E-state index contributed by atoms with van der Waals surface area (Å²) in [6.07, 6.45) is 5.07. The van der Waals surface area contributed by atoms with Crippen molar-refractivity contribution in [3.05, 3.63) is 60.2 Å². The molecule has 0 spiro atoms. The van der Waals surface area contributed by atoms with Crippen molar-refractivity contribution >= 4 is 0 Å². The molecule has 2 aromatic rings. The minimum Gasteiger partial charge on any atom is -0.106 e. The molecule has 0 saturated carbocycles. The van der Waals surface area contributed by atoms with Gasteiger partial charge in [-0.2, -0.15) is 0 Å². The van der Waals surface area contributed by atoms with E-state index in [2.05, 4.69) is 42.0 Å². The first-order chi connectivity index (χ1) is 7.90. The lowest BCUT2D eigenvalue weighted by Crippen LogP contribution is -1.78. The van der Waals surface area contributed by atoms with E-state index in [9.17, 15) is 0 Å². The molecule has 2 rings (SSSR count). The molecule has 0 aliphatic rings. The van der Waals surface area contributed by atoms with Crippen LogP contribution in [0.15, 0.2) is 54.6 Å². The number of benzene rings is 2. The summed E-state index contributed by atoms with van der Waals surface area (Å²) in [5, 5.41) is 0. The Labute approximate surface area is 95.9 Å². The second-order valence-electron chi connectivity index (χ2n) is 3.34. The fraction of sp³-hybridized carbons (Fsp3) is 0. The van der Waals surface area contributed by atoms with Crippen molar-refractivity contribution in [2.75, 3.05) is 0 Å². The monoisotopic (exact) mass is 202 g/mol. The van der Waals surface area contributed by atoms with Crippen LogP contribution < -0.4 is 0 Å². The predicted molar refractivity (Wildman–Crippen MR) is 67.6 cm³/mol. The normalized spacial score (nSPS) is 8.69. The smallest absolute Gasteiger partial charge is 0.0255 e. The van der Waals surface area contributed by atoms with E-state index >= 15 is 0 Å². The minimum absolute atomic E-state index is 0.942. The third-order valence-corrected chi connectivity index (χ3v) is 2.27. The van der Waals surface area contributed by atoms with Crippen LogP contribution in [0.1, 0.15) is 5.56 Å². The average molecular weight is 202 g/mol. The van der Waals surface area contributed by atoms with Gasteiger partial charge in [0.2, 0.25) is 0 Å². The Hall–Kier alpha value is -2.44. The van der Waals surface area contributed by atoms with Crippen LogP contribution in [0.25, 0.3) is 11.1 Å². The van der Waals surface area contributed by atoms with E-state index in [1.54, 1.807) is 0 Å². The lowest BCUT2D eigenvalue weighted by molar-refractivity contribution is 1.59. The van der Waals surface area contributed by atoms with Crippen LogP contribution in [0.3, 0.4) is 0 Å². The molecule has 0 saturated heterocycles. The van der Waals surface area contributed by atoms with E-state index in [1.807, 2.05) is 30.3 Å². The SMILES string of the molecule is C#CC#Cc1ccc(-c2ccccc2)cc1. The second kappa shape index (κ2) is 4.87. The highest BCUT2D eigenvalue weighted by molar-refractivity contribution is 5.64. The maximum Gasteiger partial charge on any atom is 0.0255 e. The van der Waals surface area contributed by atoms with Crippen molar-refractivity contribution < 1.29 is 0 Å². The van der Waals surface area contributed by atoms with Gasteiger partial charge in [-0.05, 0) is 35.1 Å². The van der Waals surface area contributed by atoms with Crippen molar-refractivity contribution in [2.24, 2.45) is 0 Å². The molecule has 0 atom stereocenters. The van der Waals surface area contributed by atoms with E-state index in [-0.39, 0.29) is 0 Å². The number of terminal acetylenes is 1. The number of rotatable bonds is 1. The molecule has 0 aliphatic heterocycles. The molecule has 0 aliphatic carbocycles. The third-order valence-electron chi connectivity index (χ3n) is 2.27. The topological polar surface area (TPSA) is 0 Å². The van der Waals surface area contributed by atoms with Crippen LogP contribution in [-0.2, 0) is 0 Å². The van der Waals surface area contributed by atoms with Gasteiger partial charge in [0.25, 0.3) is 0 Å². The highest BCUT2D eigenvalue weighted by Gasteiger charge is 1.95. The molecule has 0 aromatic heterocycles. The highest BCUT2D eigenvalue weighted by atomic mass is 14.0. The minimum atomic E-state index is 0.942. The van der Waals surface area contributed by atoms with Crippen molar-refractivity contribution in [3.8, 4) is 35.3 Å². The number of hydrogen-bond acceptors (Lipinski definition) is 0. The Morgan fingerprint density at radius 3 is 2.00 bits per heavy atom. The molecule has 0 N–H and O–H groups in total. The molecule has 0 radical (unpaired) electrons. The van der Waals surface area contributed by atoms with Gasteiger partial charge in [0.1, 0.15) is 0 Å². The third kappa shape index (κ3) is 2.32. The molecule has 16 heavy (non-hydrogen) atoms. The summed E-state index contributed by atoms with van der Waals surface area (Å²) >= 11 is 0.